The number of hydrogen-bond acceptors (Lipinski definition) is 4. The summed E-state index contributed by atoms with van der Waals surface area (Å²) in [6, 6.07) is 7.64. The van der Waals surface area contributed by atoms with Crippen LogP contribution in [0.2, 0.25) is 0 Å². The van der Waals surface area contributed by atoms with E-state index in [0.29, 0.717) is 5.56 Å². The van der Waals surface area contributed by atoms with Crippen molar-refractivity contribution in [1.29, 1.82) is 0 Å². The predicted molar refractivity (Wildman–Crippen MR) is 89.2 cm³/mol. The monoisotopic (exact) mass is 302 g/mol. The minimum Gasteiger partial charge on any atom is -0.369 e. The molecule has 0 radical (unpaired) electrons. The number of piperazine rings is 1. The van der Waals surface area contributed by atoms with Gasteiger partial charge in [-0.15, -0.1) is 0 Å². The number of piperidine rings is 1. The van der Waals surface area contributed by atoms with E-state index in [0.717, 1.165) is 32.1 Å². The third-order valence-corrected chi connectivity index (χ3v) is 4.80. The van der Waals surface area contributed by atoms with Crippen LogP contribution in [0.15, 0.2) is 24.3 Å². The fourth-order valence-electron chi connectivity index (χ4n) is 3.47. The SMILES string of the molecule is NC(=O)c1ccc(N2CCN(CC3CCCNC3)CC2)cc1. The number of anilines is 1. The van der Waals surface area contributed by atoms with Gasteiger partial charge >= 0.3 is 0 Å². The minimum atomic E-state index is -0.363. The third-order valence-electron chi connectivity index (χ3n) is 4.80. The van der Waals surface area contributed by atoms with Crippen LogP contribution >= 0.6 is 0 Å². The lowest BCUT2D eigenvalue weighted by molar-refractivity contribution is 0.100. The number of nitrogens with zero attached hydrogens (tertiary/aromatic N) is 2. The van der Waals surface area contributed by atoms with Gasteiger partial charge < -0.3 is 16.0 Å². The summed E-state index contributed by atoms with van der Waals surface area (Å²) in [5.74, 6) is 0.451. The van der Waals surface area contributed by atoms with Gasteiger partial charge in [-0.2, -0.15) is 0 Å². The topological polar surface area (TPSA) is 61.6 Å². The Balaban J connectivity index is 1.49. The molecule has 0 spiro atoms. The number of primary amides is 1. The van der Waals surface area contributed by atoms with E-state index < -0.39 is 0 Å². The van der Waals surface area contributed by atoms with Gasteiger partial charge in [0.05, 0.1) is 0 Å². The number of benzene rings is 1. The molecule has 3 rings (SSSR count). The van der Waals surface area contributed by atoms with Gasteiger partial charge in [0.15, 0.2) is 0 Å². The average Bonchev–Trinajstić information content (AvgIpc) is 2.57. The van der Waals surface area contributed by atoms with E-state index in [4.69, 9.17) is 5.73 Å². The first-order valence-electron chi connectivity index (χ1n) is 8.30. The maximum atomic E-state index is 11.1. The Morgan fingerprint density at radius 3 is 2.50 bits per heavy atom. The first-order valence-corrected chi connectivity index (χ1v) is 8.30. The molecule has 2 aliphatic heterocycles. The quantitative estimate of drug-likeness (QED) is 0.868. The van der Waals surface area contributed by atoms with Crippen LogP contribution in [0, 0.1) is 5.92 Å². The second-order valence-corrected chi connectivity index (χ2v) is 6.41. The van der Waals surface area contributed by atoms with Gasteiger partial charge in [-0.25, -0.2) is 0 Å². The van der Waals surface area contributed by atoms with Crippen molar-refractivity contribution >= 4 is 11.6 Å². The molecule has 2 aliphatic rings. The zero-order chi connectivity index (χ0) is 15.4. The van der Waals surface area contributed by atoms with Crippen molar-refractivity contribution in [2.24, 2.45) is 11.7 Å². The van der Waals surface area contributed by atoms with E-state index in [1.165, 1.54) is 38.2 Å². The van der Waals surface area contributed by atoms with Crippen LogP contribution in [0.1, 0.15) is 23.2 Å². The number of nitrogens with one attached hydrogen (secondary N) is 1. The fourth-order valence-corrected chi connectivity index (χ4v) is 3.47. The zero-order valence-corrected chi connectivity index (χ0v) is 13.1. The van der Waals surface area contributed by atoms with Crippen molar-refractivity contribution in [3.05, 3.63) is 29.8 Å². The van der Waals surface area contributed by atoms with Gasteiger partial charge in [0, 0.05) is 44.0 Å². The molecule has 2 saturated heterocycles. The van der Waals surface area contributed by atoms with Gasteiger partial charge in [0.1, 0.15) is 0 Å². The van der Waals surface area contributed by atoms with E-state index in [2.05, 4.69) is 15.1 Å². The normalized spacial score (nSPS) is 23.5. The largest absolute Gasteiger partial charge is 0.369 e. The summed E-state index contributed by atoms with van der Waals surface area (Å²) >= 11 is 0. The summed E-state index contributed by atoms with van der Waals surface area (Å²) in [7, 11) is 0. The highest BCUT2D eigenvalue weighted by molar-refractivity contribution is 5.93. The highest BCUT2D eigenvalue weighted by atomic mass is 16.1. The zero-order valence-electron chi connectivity index (χ0n) is 13.1. The molecule has 2 fully saturated rings. The number of nitrogens with two attached hydrogens (primary N) is 1. The van der Waals surface area contributed by atoms with Crippen LogP contribution in [-0.4, -0.2) is 56.6 Å². The smallest absolute Gasteiger partial charge is 0.248 e. The highest BCUT2D eigenvalue weighted by Gasteiger charge is 2.21. The molecule has 120 valence electrons. The van der Waals surface area contributed by atoms with E-state index in [1.54, 1.807) is 0 Å². The Bertz CT molecular complexity index is 488. The van der Waals surface area contributed by atoms with Crippen molar-refractivity contribution in [2.45, 2.75) is 12.8 Å². The lowest BCUT2D eigenvalue weighted by Gasteiger charge is -2.38. The third kappa shape index (κ3) is 3.78. The summed E-state index contributed by atoms with van der Waals surface area (Å²) in [6.07, 6.45) is 2.68. The molecular formula is C17H26N4O. The average molecular weight is 302 g/mol. The molecule has 5 nitrogen and oxygen atoms in total. The van der Waals surface area contributed by atoms with Gasteiger partial charge in [0.2, 0.25) is 5.91 Å². The number of rotatable bonds is 4. The summed E-state index contributed by atoms with van der Waals surface area (Å²) in [5, 5.41) is 3.50. The molecule has 5 heteroatoms. The van der Waals surface area contributed by atoms with Crippen molar-refractivity contribution in [2.75, 3.05) is 50.7 Å². The first-order chi connectivity index (χ1) is 10.7. The summed E-state index contributed by atoms with van der Waals surface area (Å²) in [6.45, 7) is 7.93. The molecule has 22 heavy (non-hydrogen) atoms. The number of carbonyl (C=O) groups excluding carboxylic acids is 1. The molecule has 0 aromatic heterocycles. The van der Waals surface area contributed by atoms with Crippen LogP contribution < -0.4 is 16.0 Å². The molecule has 3 N–H and O–H groups in total. The van der Waals surface area contributed by atoms with Crippen molar-refractivity contribution in [3.63, 3.8) is 0 Å². The first kappa shape index (κ1) is 15.3. The van der Waals surface area contributed by atoms with Crippen LogP contribution in [-0.2, 0) is 0 Å². The van der Waals surface area contributed by atoms with Crippen LogP contribution in [0.3, 0.4) is 0 Å². The van der Waals surface area contributed by atoms with Gasteiger partial charge in [-0.05, 0) is 56.1 Å². The molecule has 0 aliphatic carbocycles. The lowest BCUT2D eigenvalue weighted by Crippen LogP contribution is -2.49. The van der Waals surface area contributed by atoms with Crippen LogP contribution in [0.5, 0.6) is 0 Å². The molecule has 1 amide bonds. The maximum Gasteiger partial charge on any atom is 0.248 e. The van der Waals surface area contributed by atoms with Crippen molar-refractivity contribution in [1.82, 2.24) is 10.2 Å². The van der Waals surface area contributed by atoms with Crippen molar-refractivity contribution in [3.8, 4) is 0 Å². The molecule has 1 unspecified atom stereocenters. The lowest BCUT2D eigenvalue weighted by atomic mass is 9.99. The van der Waals surface area contributed by atoms with Crippen molar-refractivity contribution < 1.29 is 4.79 Å². The van der Waals surface area contributed by atoms with Gasteiger partial charge in [0.25, 0.3) is 0 Å². The Morgan fingerprint density at radius 1 is 1.18 bits per heavy atom. The Labute approximate surface area is 132 Å². The second-order valence-electron chi connectivity index (χ2n) is 6.41. The summed E-state index contributed by atoms with van der Waals surface area (Å²) in [5.41, 5.74) is 7.05. The molecule has 0 bridgehead atoms. The summed E-state index contributed by atoms with van der Waals surface area (Å²) in [4.78, 5) is 16.1. The number of amides is 1. The number of hydrogen-bond donors (Lipinski definition) is 2. The van der Waals surface area contributed by atoms with Gasteiger partial charge in [-0.3, -0.25) is 9.69 Å². The minimum absolute atomic E-state index is 0.363. The molecular weight excluding hydrogens is 276 g/mol. The van der Waals surface area contributed by atoms with E-state index in [1.807, 2.05) is 24.3 Å². The predicted octanol–water partition coefficient (Wildman–Crippen LogP) is 0.907. The second kappa shape index (κ2) is 7.11. The van der Waals surface area contributed by atoms with Crippen LogP contribution in [0.4, 0.5) is 5.69 Å². The van der Waals surface area contributed by atoms with Gasteiger partial charge in [-0.1, -0.05) is 0 Å². The van der Waals surface area contributed by atoms with E-state index in [9.17, 15) is 4.79 Å². The maximum absolute atomic E-state index is 11.1. The summed E-state index contributed by atoms with van der Waals surface area (Å²) < 4.78 is 0. The standard InChI is InChI=1S/C17H26N4O/c18-17(22)15-3-5-16(6-4-15)21-10-8-20(9-11-21)13-14-2-1-7-19-12-14/h3-6,14,19H,1-2,7-13H2,(H2,18,22). The van der Waals surface area contributed by atoms with E-state index in [-0.39, 0.29) is 5.91 Å². The molecule has 2 heterocycles. The Morgan fingerprint density at radius 2 is 1.91 bits per heavy atom. The number of carbonyl (C=O) groups is 1. The van der Waals surface area contributed by atoms with E-state index >= 15 is 0 Å². The Hall–Kier alpha value is -1.59. The van der Waals surface area contributed by atoms with Crippen LogP contribution in [0.25, 0.3) is 0 Å². The molecule has 0 saturated carbocycles. The molecule has 1 atom stereocenters. The highest BCUT2D eigenvalue weighted by Crippen LogP contribution is 2.19. The molecule has 1 aromatic carbocycles. The Kier molecular flexibility index (Phi) is 4.95. The fraction of sp³-hybridized carbons (Fsp3) is 0.588. The molecule has 1 aromatic rings.